The number of ether oxygens (including phenoxy) is 1. The minimum atomic E-state index is -0.0331. The van der Waals surface area contributed by atoms with Crippen LogP contribution in [0.15, 0.2) is 43.0 Å². The summed E-state index contributed by atoms with van der Waals surface area (Å²) in [5.74, 6) is 1.05. The molecular formula is C33H39ClN6O3. The number of aromatic hydroxyl groups is 1. The largest absolute Gasteiger partial charge is 0.508 e. The molecule has 2 aromatic carbocycles. The van der Waals surface area contributed by atoms with Crippen LogP contribution in [0.3, 0.4) is 0 Å². The predicted molar refractivity (Wildman–Crippen MR) is 169 cm³/mol. The average molecular weight is 603 g/mol. The Morgan fingerprint density at radius 3 is 2.81 bits per heavy atom. The number of benzene rings is 2. The number of nitrogens with zero attached hydrogens (tertiary/aromatic N) is 6. The lowest BCUT2D eigenvalue weighted by atomic mass is 9.95. The van der Waals surface area contributed by atoms with Gasteiger partial charge in [-0.3, -0.25) is 9.69 Å². The van der Waals surface area contributed by atoms with Crippen LogP contribution in [0, 0.1) is 0 Å². The number of phenols is 1. The van der Waals surface area contributed by atoms with E-state index in [0.717, 1.165) is 78.9 Å². The molecule has 0 spiro atoms. The summed E-state index contributed by atoms with van der Waals surface area (Å²) in [6, 6.07) is 9.86. The van der Waals surface area contributed by atoms with Crippen molar-refractivity contribution in [2.24, 2.45) is 0 Å². The maximum Gasteiger partial charge on any atom is 0.318 e. The molecule has 4 aliphatic rings. The molecule has 9 nitrogen and oxygen atoms in total. The van der Waals surface area contributed by atoms with Gasteiger partial charge in [-0.05, 0) is 75.2 Å². The molecule has 0 bridgehead atoms. The zero-order valence-electron chi connectivity index (χ0n) is 24.8. The minimum Gasteiger partial charge on any atom is -0.508 e. The molecule has 0 saturated carbocycles. The second-order valence-corrected chi connectivity index (χ2v) is 12.9. The second kappa shape index (κ2) is 11.2. The SMILES string of the molecule is C=CC(=O)N1CCC(N(C)c2nc(OCC34CCCN3CCC4)nc3c2CCN(c2cc(O)cc4cccc(Cl)c24)C3)C1. The molecule has 226 valence electrons. The Labute approximate surface area is 257 Å². The summed E-state index contributed by atoms with van der Waals surface area (Å²) < 4.78 is 6.49. The van der Waals surface area contributed by atoms with Crippen molar-refractivity contribution in [2.45, 2.75) is 56.7 Å². The summed E-state index contributed by atoms with van der Waals surface area (Å²) in [5.41, 5.74) is 3.01. The summed E-state index contributed by atoms with van der Waals surface area (Å²) in [6.07, 6.45) is 7.71. The normalized spacial score (nSPS) is 21.2. The number of amides is 1. The molecule has 4 aliphatic heterocycles. The van der Waals surface area contributed by atoms with Crippen LogP contribution >= 0.6 is 11.6 Å². The molecule has 1 amide bonds. The Kier molecular flexibility index (Phi) is 7.33. The van der Waals surface area contributed by atoms with Crippen LogP contribution in [-0.4, -0.2) is 88.7 Å². The van der Waals surface area contributed by atoms with Crippen LogP contribution in [0.1, 0.15) is 43.4 Å². The van der Waals surface area contributed by atoms with Crippen molar-refractivity contribution in [3.8, 4) is 11.8 Å². The maximum absolute atomic E-state index is 12.3. The third-order valence-electron chi connectivity index (χ3n) is 10.1. The number of phenolic OH excluding ortho intramolecular Hbond substituents is 1. The highest BCUT2D eigenvalue weighted by Crippen LogP contribution is 2.41. The minimum absolute atomic E-state index is 0.0331. The Morgan fingerprint density at radius 2 is 2.02 bits per heavy atom. The van der Waals surface area contributed by atoms with Gasteiger partial charge in [0.2, 0.25) is 5.91 Å². The molecule has 3 aromatic rings. The first-order valence-corrected chi connectivity index (χ1v) is 15.8. The average Bonchev–Trinajstić information content (AvgIpc) is 3.75. The molecule has 1 atom stereocenters. The highest BCUT2D eigenvalue weighted by atomic mass is 35.5. The fourth-order valence-electron chi connectivity index (χ4n) is 7.76. The summed E-state index contributed by atoms with van der Waals surface area (Å²) in [4.78, 5) is 31.3. The lowest BCUT2D eigenvalue weighted by molar-refractivity contribution is -0.125. The zero-order valence-corrected chi connectivity index (χ0v) is 25.5. The Hall–Kier alpha value is -3.56. The quantitative estimate of drug-likeness (QED) is 0.387. The molecule has 10 heteroatoms. The number of hydrogen-bond donors (Lipinski definition) is 1. The molecule has 3 fully saturated rings. The molecule has 3 saturated heterocycles. The number of carbonyl (C=O) groups excluding carboxylic acids is 1. The standard InChI is InChI=1S/C33H39ClN6O3/c1-3-29(42)39-15-9-23(19-39)37(2)31-25-10-16-38(28-18-24(41)17-22-7-4-8-26(34)30(22)28)20-27(25)35-32(36-31)43-21-33-11-5-13-40(33)14-6-12-33/h3-4,7-8,17-18,23,41H,1,5-6,9-16,19-21H2,2H3. The summed E-state index contributed by atoms with van der Waals surface area (Å²) >= 11 is 6.69. The first-order chi connectivity index (χ1) is 20.8. The number of halogens is 1. The number of likely N-dealkylation sites (N-methyl/N-ethyl adjacent to an activating group) is 1. The van der Waals surface area contributed by atoms with Gasteiger partial charge in [-0.2, -0.15) is 9.97 Å². The number of hydrogen-bond acceptors (Lipinski definition) is 8. The number of carbonyl (C=O) groups is 1. The van der Waals surface area contributed by atoms with Crippen molar-refractivity contribution in [3.05, 3.63) is 59.3 Å². The van der Waals surface area contributed by atoms with Crippen molar-refractivity contribution >= 4 is 39.8 Å². The third kappa shape index (κ3) is 5.06. The van der Waals surface area contributed by atoms with Gasteiger partial charge in [0, 0.05) is 49.7 Å². The molecule has 0 radical (unpaired) electrons. The van der Waals surface area contributed by atoms with Crippen LogP contribution in [0.25, 0.3) is 10.8 Å². The second-order valence-electron chi connectivity index (χ2n) is 12.5. The number of anilines is 2. The van der Waals surface area contributed by atoms with E-state index < -0.39 is 0 Å². The monoisotopic (exact) mass is 602 g/mol. The van der Waals surface area contributed by atoms with Crippen molar-refractivity contribution in [1.82, 2.24) is 19.8 Å². The number of rotatable bonds is 7. The molecule has 1 N–H and O–H groups in total. The third-order valence-corrected chi connectivity index (χ3v) is 10.4. The smallest absolute Gasteiger partial charge is 0.318 e. The predicted octanol–water partition coefficient (Wildman–Crippen LogP) is 4.78. The van der Waals surface area contributed by atoms with E-state index in [-0.39, 0.29) is 23.2 Å². The summed E-state index contributed by atoms with van der Waals surface area (Å²) in [7, 11) is 2.07. The number of aromatic nitrogens is 2. The van der Waals surface area contributed by atoms with E-state index in [1.165, 1.54) is 18.9 Å². The van der Waals surface area contributed by atoms with Gasteiger partial charge < -0.3 is 24.5 Å². The number of likely N-dealkylation sites (tertiary alicyclic amines) is 1. The van der Waals surface area contributed by atoms with Crippen LogP contribution in [0.4, 0.5) is 11.5 Å². The van der Waals surface area contributed by atoms with Crippen molar-refractivity contribution in [3.63, 3.8) is 0 Å². The molecule has 7 rings (SSSR count). The first kappa shape index (κ1) is 28.2. The Morgan fingerprint density at radius 1 is 1.21 bits per heavy atom. The van der Waals surface area contributed by atoms with Gasteiger partial charge in [0.05, 0.1) is 28.5 Å². The topological polar surface area (TPSA) is 85.3 Å². The van der Waals surface area contributed by atoms with Gasteiger partial charge >= 0.3 is 6.01 Å². The van der Waals surface area contributed by atoms with Crippen LogP contribution in [-0.2, 0) is 17.8 Å². The highest BCUT2D eigenvalue weighted by molar-refractivity contribution is 6.36. The summed E-state index contributed by atoms with van der Waals surface area (Å²) in [6.45, 7) is 9.14. The Balaban J connectivity index is 1.23. The van der Waals surface area contributed by atoms with Gasteiger partial charge in [0.25, 0.3) is 0 Å². The van der Waals surface area contributed by atoms with Crippen molar-refractivity contribution in [1.29, 1.82) is 0 Å². The van der Waals surface area contributed by atoms with Gasteiger partial charge in [0.1, 0.15) is 18.2 Å². The van der Waals surface area contributed by atoms with Crippen LogP contribution < -0.4 is 14.5 Å². The van der Waals surface area contributed by atoms with Crippen LogP contribution in [0.5, 0.6) is 11.8 Å². The van der Waals surface area contributed by atoms with Gasteiger partial charge in [0.15, 0.2) is 0 Å². The van der Waals surface area contributed by atoms with Crippen molar-refractivity contribution in [2.75, 3.05) is 56.2 Å². The molecule has 0 aliphatic carbocycles. The van der Waals surface area contributed by atoms with E-state index in [2.05, 4.69) is 28.3 Å². The van der Waals surface area contributed by atoms with E-state index >= 15 is 0 Å². The molecular weight excluding hydrogens is 564 g/mol. The fraction of sp³-hybridized carbons (Fsp3) is 0.485. The van der Waals surface area contributed by atoms with E-state index in [1.54, 1.807) is 12.1 Å². The van der Waals surface area contributed by atoms with E-state index in [9.17, 15) is 9.90 Å². The van der Waals surface area contributed by atoms with E-state index in [1.807, 2.05) is 23.1 Å². The number of fused-ring (bicyclic) bond motifs is 3. The lowest BCUT2D eigenvalue weighted by Gasteiger charge is -2.35. The summed E-state index contributed by atoms with van der Waals surface area (Å²) in [5, 5.41) is 13.1. The molecule has 1 aromatic heterocycles. The van der Waals surface area contributed by atoms with Crippen LogP contribution in [0.2, 0.25) is 5.02 Å². The van der Waals surface area contributed by atoms with Gasteiger partial charge in [-0.15, -0.1) is 0 Å². The maximum atomic E-state index is 12.3. The fourth-order valence-corrected chi connectivity index (χ4v) is 8.04. The van der Waals surface area contributed by atoms with Crippen molar-refractivity contribution < 1.29 is 14.6 Å². The first-order valence-electron chi connectivity index (χ1n) is 15.4. The molecule has 43 heavy (non-hydrogen) atoms. The molecule has 1 unspecified atom stereocenters. The molecule has 5 heterocycles. The lowest BCUT2D eigenvalue weighted by Crippen LogP contribution is -2.44. The van der Waals surface area contributed by atoms with E-state index in [4.69, 9.17) is 26.3 Å². The van der Waals surface area contributed by atoms with E-state index in [0.29, 0.717) is 37.3 Å². The zero-order chi connectivity index (χ0) is 29.7. The van der Waals surface area contributed by atoms with Gasteiger partial charge in [-0.25, -0.2) is 0 Å². The Bertz CT molecular complexity index is 1570. The highest BCUT2D eigenvalue weighted by Gasteiger charge is 2.45. The van der Waals surface area contributed by atoms with Gasteiger partial charge in [-0.1, -0.05) is 30.3 Å².